The van der Waals surface area contributed by atoms with Crippen molar-refractivity contribution in [2.75, 3.05) is 11.4 Å². The Hall–Kier alpha value is -1.61. The van der Waals surface area contributed by atoms with Gasteiger partial charge in [-0.25, -0.2) is 9.97 Å². The fraction of sp³-hybridized carbons (Fsp3) is 0.286. The summed E-state index contributed by atoms with van der Waals surface area (Å²) in [6.07, 6.45) is 5.49. The standard InChI is InChI=1S/C14H16ClN3/c1-2-3-11-18(12-7-5-4-6-8-12)14-13(15)16-9-10-17-14/h4-10H,2-3,11H2,1H3. The molecular formula is C14H16ClN3. The summed E-state index contributed by atoms with van der Waals surface area (Å²) in [5.74, 6) is 0.721. The van der Waals surface area contributed by atoms with Crippen LogP contribution >= 0.6 is 11.6 Å². The van der Waals surface area contributed by atoms with Crippen LogP contribution in [0.4, 0.5) is 11.5 Å². The van der Waals surface area contributed by atoms with E-state index in [0.717, 1.165) is 30.9 Å². The molecule has 0 radical (unpaired) electrons. The van der Waals surface area contributed by atoms with E-state index in [-0.39, 0.29) is 0 Å². The van der Waals surface area contributed by atoms with Crippen LogP contribution in [-0.4, -0.2) is 16.5 Å². The predicted molar refractivity (Wildman–Crippen MR) is 75.4 cm³/mol. The smallest absolute Gasteiger partial charge is 0.172 e. The van der Waals surface area contributed by atoms with Crippen LogP contribution in [0, 0.1) is 0 Å². The Morgan fingerprint density at radius 3 is 2.50 bits per heavy atom. The van der Waals surface area contributed by atoms with Crippen molar-refractivity contribution in [1.29, 1.82) is 0 Å². The molecule has 0 bridgehead atoms. The number of hydrogen-bond acceptors (Lipinski definition) is 3. The molecule has 0 aliphatic carbocycles. The minimum atomic E-state index is 0.442. The van der Waals surface area contributed by atoms with Gasteiger partial charge in [-0.15, -0.1) is 0 Å². The van der Waals surface area contributed by atoms with Crippen molar-refractivity contribution >= 4 is 23.1 Å². The summed E-state index contributed by atoms with van der Waals surface area (Å²) < 4.78 is 0. The fourth-order valence-corrected chi connectivity index (χ4v) is 1.98. The zero-order valence-electron chi connectivity index (χ0n) is 10.4. The number of unbranched alkanes of at least 4 members (excludes halogenated alkanes) is 1. The molecule has 18 heavy (non-hydrogen) atoms. The van der Waals surface area contributed by atoms with Gasteiger partial charge in [-0.05, 0) is 18.6 Å². The molecule has 0 aliphatic rings. The van der Waals surface area contributed by atoms with E-state index < -0.39 is 0 Å². The van der Waals surface area contributed by atoms with E-state index in [1.165, 1.54) is 0 Å². The number of hydrogen-bond donors (Lipinski definition) is 0. The zero-order chi connectivity index (χ0) is 12.8. The van der Waals surface area contributed by atoms with Crippen molar-refractivity contribution in [2.24, 2.45) is 0 Å². The first-order chi connectivity index (χ1) is 8.83. The molecule has 1 aromatic heterocycles. The molecule has 0 saturated heterocycles. The van der Waals surface area contributed by atoms with E-state index in [0.29, 0.717) is 5.15 Å². The number of aromatic nitrogens is 2. The van der Waals surface area contributed by atoms with Crippen LogP contribution in [-0.2, 0) is 0 Å². The molecule has 0 fully saturated rings. The van der Waals surface area contributed by atoms with Crippen molar-refractivity contribution in [3.8, 4) is 0 Å². The molecule has 2 aromatic rings. The van der Waals surface area contributed by atoms with Crippen LogP contribution in [0.3, 0.4) is 0 Å². The van der Waals surface area contributed by atoms with Crippen molar-refractivity contribution < 1.29 is 0 Å². The Labute approximate surface area is 112 Å². The van der Waals surface area contributed by atoms with E-state index in [4.69, 9.17) is 11.6 Å². The summed E-state index contributed by atoms with van der Waals surface area (Å²) >= 11 is 6.13. The lowest BCUT2D eigenvalue weighted by molar-refractivity contribution is 0.778. The second-order valence-electron chi connectivity index (χ2n) is 4.01. The van der Waals surface area contributed by atoms with E-state index in [1.54, 1.807) is 12.4 Å². The molecule has 2 rings (SSSR count). The second kappa shape index (κ2) is 6.36. The van der Waals surface area contributed by atoms with E-state index in [9.17, 15) is 0 Å². The number of benzene rings is 1. The van der Waals surface area contributed by atoms with Gasteiger partial charge in [0.25, 0.3) is 0 Å². The van der Waals surface area contributed by atoms with Gasteiger partial charge in [-0.3, -0.25) is 0 Å². The summed E-state index contributed by atoms with van der Waals surface area (Å²) in [5.41, 5.74) is 1.09. The number of para-hydroxylation sites is 1. The molecule has 0 saturated carbocycles. The van der Waals surface area contributed by atoms with E-state index in [1.807, 2.05) is 18.2 Å². The van der Waals surface area contributed by atoms with Crippen molar-refractivity contribution in [1.82, 2.24) is 9.97 Å². The minimum absolute atomic E-state index is 0.442. The van der Waals surface area contributed by atoms with Gasteiger partial charge in [-0.1, -0.05) is 43.1 Å². The maximum absolute atomic E-state index is 6.13. The van der Waals surface area contributed by atoms with E-state index in [2.05, 4.69) is 33.9 Å². The average molecular weight is 262 g/mol. The van der Waals surface area contributed by atoms with Gasteiger partial charge < -0.3 is 4.90 Å². The SMILES string of the molecule is CCCCN(c1ccccc1)c1nccnc1Cl. The molecule has 94 valence electrons. The summed E-state index contributed by atoms with van der Waals surface area (Å²) in [5, 5.41) is 0.442. The van der Waals surface area contributed by atoms with Crippen molar-refractivity contribution in [3.05, 3.63) is 47.9 Å². The van der Waals surface area contributed by atoms with Crippen LogP contribution in [0.1, 0.15) is 19.8 Å². The van der Waals surface area contributed by atoms with Crippen LogP contribution in [0.15, 0.2) is 42.7 Å². The van der Waals surface area contributed by atoms with Gasteiger partial charge in [0.15, 0.2) is 11.0 Å². The Balaban J connectivity index is 2.34. The Bertz CT molecular complexity index is 487. The molecule has 0 unspecified atom stereocenters. The molecule has 1 aromatic carbocycles. The Morgan fingerprint density at radius 1 is 1.11 bits per heavy atom. The molecule has 0 N–H and O–H groups in total. The summed E-state index contributed by atoms with van der Waals surface area (Å²) in [4.78, 5) is 10.5. The lowest BCUT2D eigenvalue weighted by Gasteiger charge is -2.23. The highest BCUT2D eigenvalue weighted by molar-refractivity contribution is 6.31. The van der Waals surface area contributed by atoms with Crippen LogP contribution in [0.25, 0.3) is 0 Å². The molecule has 0 spiro atoms. The Kier molecular flexibility index (Phi) is 4.53. The van der Waals surface area contributed by atoms with Gasteiger partial charge in [0.05, 0.1) is 0 Å². The third-order valence-electron chi connectivity index (χ3n) is 2.69. The first-order valence-electron chi connectivity index (χ1n) is 6.12. The fourth-order valence-electron chi connectivity index (χ4n) is 1.78. The highest BCUT2D eigenvalue weighted by Gasteiger charge is 2.13. The highest BCUT2D eigenvalue weighted by Crippen LogP contribution is 2.28. The zero-order valence-corrected chi connectivity index (χ0v) is 11.1. The lowest BCUT2D eigenvalue weighted by Crippen LogP contribution is -2.20. The number of halogens is 1. The largest absolute Gasteiger partial charge is 0.324 e. The van der Waals surface area contributed by atoms with Gasteiger partial charge in [-0.2, -0.15) is 0 Å². The number of nitrogens with zero attached hydrogens (tertiary/aromatic N) is 3. The van der Waals surface area contributed by atoms with Crippen LogP contribution in [0.2, 0.25) is 5.15 Å². The molecule has 3 nitrogen and oxygen atoms in total. The van der Waals surface area contributed by atoms with Crippen LogP contribution < -0.4 is 4.90 Å². The number of anilines is 2. The third-order valence-corrected chi connectivity index (χ3v) is 2.96. The van der Waals surface area contributed by atoms with Gasteiger partial charge in [0.1, 0.15) is 0 Å². The molecule has 0 atom stereocenters. The molecule has 0 aliphatic heterocycles. The second-order valence-corrected chi connectivity index (χ2v) is 4.37. The van der Waals surface area contributed by atoms with Crippen molar-refractivity contribution in [3.63, 3.8) is 0 Å². The third kappa shape index (κ3) is 2.99. The lowest BCUT2D eigenvalue weighted by atomic mass is 10.2. The van der Waals surface area contributed by atoms with E-state index >= 15 is 0 Å². The van der Waals surface area contributed by atoms with Gasteiger partial charge >= 0.3 is 0 Å². The first-order valence-corrected chi connectivity index (χ1v) is 6.50. The Morgan fingerprint density at radius 2 is 1.83 bits per heavy atom. The highest BCUT2D eigenvalue weighted by atomic mass is 35.5. The molecule has 1 heterocycles. The first kappa shape index (κ1) is 12.8. The maximum Gasteiger partial charge on any atom is 0.172 e. The topological polar surface area (TPSA) is 29.0 Å². The predicted octanol–water partition coefficient (Wildman–Crippen LogP) is 4.07. The average Bonchev–Trinajstić information content (AvgIpc) is 2.42. The molecular weight excluding hydrogens is 246 g/mol. The normalized spacial score (nSPS) is 10.3. The minimum Gasteiger partial charge on any atom is -0.324 e. The van der Waals surface area contributed by atoms with Gasteiger partial charge in [0.2, 0.25) is 0 Å². The molecule has 0 amide bonds. The summed E-state index contributed by atoms with van der Waals surface area (Å²) in [6, 6.07) is 10.1. The number of rotatable bonds is 5. The maximum atomic E-state index is 6.13. The van der Waals surface area contributed by atoms with Crippen molar-refractivity contribution in [2.45, 2.75) is 19.8 Å². The quantitative estimate of drug-likeness (QED) is 0.812. The summed E-state index contributed by atoms with van der Waals surface area (Å²) in [6.45, 7) is 3.06. The van der Waals surface area contributed by atoms with Crippen LogP contribution in [0.5, 0.6) is 0 Å². The van der Waals surface area contributed by atoms with Gasteiger partial charge in [0, 0.05) is 24.6 Å². The summed E-state index contributed by atoms with van der Waals surface area (Å²) in [7, 11) is 0. The molecule has 4 heteroatoms. The monoisotopic (exact) mass is 261 g/mol.